The third kappa shape index (κ3) is 19.6. The molecule has 0 amide bonds. The number of rotatable bonds is 10. The second-order valence-corrected chi connectivity index (χ2v) is 19.8. The van der Waals surface area contributed by atoms with Gasteiger partial charge in [-0.3, -0.25) is 0 Å². The highest BCUT2D eigenvalue weighted by atomic mass is 14.1. The van der Waals surface area contributed by atoms with Gasteiger partial charge >= 0.3 is 0 Å². The third-order valence-corrected chi connectivity index (χ3v) is 13.2. The molecule has 0 saturated carbocycles. The van der Waals surface area contributed by atoms with E-state index in [4.69, 9.17) is 0 Å². The zero-order chi connectivity index (χ0) is 54.8. The third-order valence-electron chi connectivity index (χ3n) is 13.2. The zero-order valence-electron chi connectivity index (χ0n) is 47.1. The van der Waals surface area contributed by atoms with Crippen LogP contribution in [0.4, 0.5) is 0 Å². The Labute approximate surface area is 463 Å². The highest BCUT2D eigenvalue weighted by molar-refractivity contribution is 5.68. The van der Waals surface area contributed by atoms with Crippen LogP contribution in [-0.2, 0) is 6.42 Å². The molecule has 0 heterocycles. The van der Waals surface area contributed by atoms with E-state index in [1.54, 1.807) is 0 Å². The lowest BCUT2D eigenvalue weighted by molar-refractivity contribution is 1.000. The van der Waals surface area contributed by atoms with Crippen LogP contribution in [0, 0.1) is 48.5 Å². The molecule has 0 aliphatic heterocycles. The van der Waals surface area contributed by atoms with E-state index in [1.165, 1.54) is 106 Å². The van der Waals surface area contributed by atoms with Crippen LogP contribution in [0.5, 0.6) is 0 Å². The van der Waals surface area contributed by atoms with E-state index in [0.717, 1.165) is 18.4 Å². The van der Waals surface area contributed by atoms with Crippen molar-refractivity contribution in [2.45, 2.75) is 75.2 Å². The summed E-state index contributed by atoms with van der Waals surface area (Å²) in [5, 5.41) is 0. The first-order valence-electron chi connectivity index (χ1n) is 27.0. The molecular formula is C77H78. The maximum atomic E-state index is 3.74. The van der Waals surface area contributed by atoms with Crippen molar-refractivity contribution in [3.05, 3.63) is 323 Å². The SMILES string of the molecule is C/C=C/CCc1ccc(-c2ccc(C)cc2)cc1.C/C=C/c1ccc(-c2ccc(C)cc2)cc1.C=Cc1ccc(-c2ccc(C)cc2)cc1.Cc1ccc(-c2ccc(C)cc2)cc1.Cc1ccc(-c2ccc(C)cc2)cc1. The summed E-state index contributed by atoms with van der Waals surface area (Å²) >= 11 is 0. The number of hydrogen-bond acceptors (Lipinski definition) is 0. The van der Waals surface area contributed by atoms with Crippen molar-refractivity contribution in [2.75, 3.05) is 0 Å². The van der Waals surface area contributed by atoms with Crippen LogP contribution in [0.2, 0.25) is 0 Å². The Hall–Kier alpha value is -8.58. The molecule has 0 atom stereocenters. The molecule has 0 heteroatoms. The first kappa shape index (κ1) is 57.7. The second-order valence-electron chi connectivity index (χ2n) is 19.8. The predicted molar refractivity (Wildman–Crippen MR) is 340 cm³/mol. The van der Waals surface area contributed by atoms with Gasteiger partial charge in [0.15, 0.2) is 0 Å². The minimum Gasteiger partial charge on any atom is -0.0985 e. The quantitative estimate of drug-likeness (QED) is 0.120. The first-order valence-corrected chi connectivity index (χ1v) is 27.0. The summed E-state index contributed by atoms with van der Waals surface area (Å²) in [7, 11) is 0. The molecule has 0 nitrogen and oxygen atoms in total. The number of benzene rings is 10. The molecule has 0 unspecified atom stereocenters. The number of allylic oxidation sites excluding steroid dienone is 3. The molecule has 0 radical (unpaired) electrons. The Morgan fingerprint density at radius 3 is 0.675 bits per heavy atom. The van der Waals surface area contributed by atoms with E-state index in [-0.39, 0.29) is 0 Å². The lowest BCUT2D eigenvalue weighted by atomic mass is 10.0. The van der Waals surface area contributed by atoms with Gasteiger partial charge in [0.05, 0.1) is 0 Å². The molecule has 0 aliphatic carbocycles. The van der Waals surface area contributed by atoms with Gasteiger partial charge in [-0.15, -0.1) is 0 Å². The van der Waals surface area contributed by atoms with E-state index in [1.807, 2.05) is 13.0 Å². The van der Waals surface area contributed by atoms with Gasteiger partial charge in [-0.1, -0.05) is 319 Å². The van der Waals surface area contributed by atoms with Gasteiger partial charge in [0, 0.05) is 0 Å². The van der Waals surface area contributed by atoms with Gasteiger partial charge in [0.2, 0.25) is 0 Å². The van der Waals surface area contributed by atoms with E-state index < -0.39 is 0 Å². The first-order chi connectivity index (χ1) is 37.4. The average molecular weight is 1000 g/mol. The van der Waals surface area contributed by atoms with E-state index in [2.05, 4.69) is 329 Å². The maximum absolute atomic E-state index is 3.74. The van der Waals surface area contributed by atoms with Crippen molar-refractivity contribution in [3.8, 4) is 55.6 Å². The van der Waals surface area contributed by atoms with Gasteiger partial charge in [-0.05, 0) is 147 Å². The maximum Gasteiger partial charge on any atom is -0.0184 e. The summed E-state index contributed by atoms with van der Waals surface area (Å²) in [6, 6.07) is 86.4. The molecule has 0 bridgehead atoms. The molecule has 0 N–H and O–H groups in total. The minimum atomic E-state index is 1.12. The Morgan fingerprint density at radius 2 is 0.468 bits per heavy atom. The molecule has 10 aromatic carbocycles. The summed E-state index contributed by atoms with van der Waals surface area (Å²) < 4.78 is 0. The molecule has 77 heavy (non-hydrogen) atoms. The van der Waals surface area contributed by atoms with E-state index in [9.17, 15) is 0 Å². The Kier molecular flexibility index (Phi) is 23.0. The molecule has 386 valence electrons. The van der Waals surface area contributed by atoms with Crippen molar-refractivity contribution in [1.29, 1.82) is 0 Å². The van der Waals surface area contributed by atoms with Crippen LogP contribution in [0.3, 0.4) is 0 Å². The highest BCUT2D eigenvalue weighted by Gasteiger charge is 2.01. The molecule has 0 spiro atoms. The summed E-state index contributed by atoms with van der Waals surface area (Å²) in [4.78, 5) is 0. The van der Waals surface area contributed by atoms with Gasteiger partial charge < -0.3 is 0 Å². The molecule has 0 saturated heterocycles. The van der Waals surface area contributed by atoms with Gasteiger partial charge in [-0.25, -0.2) is 0 Å². The lowest BCUT2D eigenvalue weighted by Gasteiger charge is -2.04. The molecule has 0 aliphatic rings. The second kappa shape index (κ2) is 30.7. The van der Waals surface area contributed by atoms with Crippen LogP contribution in [0.1, 0.15) is 75.9 Å². The van der Waals surface area contributed by atoms with Crippen molar-refractivity contribution in [3.63, 3.8) is 0 Å². The van der Waals surface area contributed by atoms with Gasteiger partial charge in [0.25, 0.3) is 0 Å². The van der Waals surface area contributed by atoms with Crippen LogP contribution in [0.15, 0.2) is 267 Å². The number of hydrogen-bond donors (Lipinski definition) is 0. The summed E-state index contributed by atoms with van der Waals surface area (Å²) in [6.07, 6.45) is 12.6. The fourth-order valence-corrected chi connectivity index (χ4v) is 8.29. The average Bonchev–Trinajstić information content (AvgIpc) is 3.46. The molecule has 10 aromatic rings. The summed E-state index contributed by atoms with van der Waals surface area (Å²) in [5.41, 5.74) is 25.7. The van der Waals surface area contributed by atoms with Crippen LogP contribution >= 0.6 is 0 Å². The van der Waals surface area contributed by atoms with E-state index >= 15 is 0 Å². The lowest BCUT2D eigenvalue weighted by Crippen LogP contribution is -1.84. The van der Waals surface area contributed by atoms with Gasteiger partial charge in [0.1, 0.15) is 0 Å². The zero-order valence-corrected chi connectivity index (χ0v) is 47.1. The smallest absolute Gasteiger partial charge is 0.0184 e. The number of aryl methyl sites for hydroxylation is 8. The van der Waals surface area contributed by atoms with Gasteiger partial charge in [-0.2, -0.15) is 0 Å². The van der Waals surface area contributed by atoms with Crippen LogP contribution < -0.4 is 0 Å². The monoisotopic (exact) mass is 1000 g/mol. The van der Waals surface area contributed by atoms with Crippen molar-refractivity contribution in [2.24, 2.45) is 0 Å². The summed E-state index contributed by atoms with van der Waals surface area (Å²) in [6.45, 7) is 22.6. The highest BCUT2D eigenvalue weighted by Crippen LogP contribution is 2.25. The van der Waals surface area contributed by atoms with Crippen molar-refractivity contribution >= 4 is 12.2 Å². The van der Waals surface area contributed by atoms with Crippen LogP contribution in [-0.4, -0.2) is 0 Å². The normalized spacial score (nSPS) is 10.5. The van der Waals surface area contributed by atoms with E-state index in [0.29, 0.717) is 0 Å². The predicted octanol–water partition coefficient (Wildman–Crippen LogP) is 22.1. The Morgan fingerprint density at radius 1 is 0.260 bits per heavy atom. The fourth-order valence-electron chi connectivity index (χ4n) is 8.29. The topological polar surface area (TPSA) is 0 Å². The Bertz CT molecular complexity index is 3140. The standard InChI is InChI=1S/C18H20.C16H16.C15H14.2C14H14/c1-3-4-5-6-16-9-13-18(14-10-16)17-11-7-15(2)8-12-17;1-3-4-14-7-11-16(12-8-14)15-9-5-13(2)6-10-15;1-3-13-6-10-15(11-7-13)14-8-4-12(2)5-9-14;2*1-11-3-7-13(8-4-11)14-9-5-12(2)6-10-14/h3-4,7-14H,5-6H2,1-2H3;3-12H,1-2H3;3-11H,1H2,2H3;2*3-10H,1-2H3/b2*4-3+;;;. The molecule has 10 rings (SSSR count). The molecular weight excluding hydrogens is 925 g/mol. The summed E-state index contributed by atoms with van der Waals surface area (Å²) in [5.74, 6) is 0. The largest absolute Gasteiger partial charge is 0.0985 e. The van der Waals surface area contributed by atoms with Crippen molar-refractivity contribution < 1.29 is 0 Å². The molecule has 0 fully saturated rings. The Balaban J connectivity index is 0.000000156. The fraction of sp³-hybridized carbons (Fsp3) is 0.143. The molecule has 0 aromatic heterocycles. The van der Waals surface area contributed by atoms with Crippen molar-refractivity contribution in [1.82, 2.24) is 0 Å². The van der Waals surface area contributed by atoms with Crippen LogP contribution in [0.25, 0.3) is 67.8 Å². The minimum absolute atomic E-state index is 1.12.